The molecule has 1 saturated heterocycles. The Morgan fingerprint density at radius 3 is 2.85 bits per heavy atom. The Labute approximate surface area is 120 Å². The highest BCUT2D eigenvalue weighted by Gasteiger charge is 2.38. The van der Waals surface area contributed by atoms with Gasteiger partial charge in [0.1, 0.15) is 11.5 Å². The first kappa shape index (κ1) is 13.7. The van der Waals surface area contributed by atoms with Crippen molar-refractivity contribution in [2.45, 2.75) is 38.3 Å². The van der Waals surface area contributed by atoms with E-state index in [2.05, 4.69) is 11.8 Å². The van der Waals surface area contributed by atoms with Gasteiger partial charge in [0.2, 0.25) is 0 Å². The smallest absolute Gasteiger partial charge is 0.159 e. The molecule has 2 atom stereocenters. The fourth-order valence-corrected chi connectivity index (χ4v) is 3.18. The lowest BCUT2D eigenvalue weighted by atomic mass is 9.92. The van der Waals surface area contributed by atoms with E-state index in [9.17, 15) is 5.11 Å². The standard InChI is InChI=1S/C16H23NO3/c1-2-3-4-13-14-11-12(18)5-6-15(14)20-16(13)17-7-9-19-10-8-17/h5-6,11,13,16,18H,2-4,7-10H2,1H3. The van der Waals surface area contributed by atoms with Crippen LogP contribution in [-0.4, -0.2) is 42.5 Å². The average Bonchev–Trinajstić information content (AvgIpc) is 2.84. The van der Waals surface area contributed by atoms with Gasteiger partial charge in [-0.3, -0.25) is 4.90 Å². The SMILES string of the molecule is CCCCC1c2cc(O)ccc2OC1N1CCOCC1. The summed E-state index contributed by atoms with van der Waals surface area (Å²) >= 11 is 0. The van der Waals surface area contributed by atoms with E-state index >= 15 is 0 Å². The number of rotatable bonds is 4. The zero-order valence-electron chi connectivity index (χ0n) is 12.0. The summed E-state index contributed by atoms with van der Waals surface area (Å²) in [6.07, 6.45) is 3.57. The number of phenolic OH excluding ortho intramolecular Hbond substituents is 1. The van der Waals surface area contributed by atoms with E-state index in [1.54, 1.807) is 6.07 Å². The largest absolute Gasteiger partial charge is 0.508 e. The van der Waals surface area contributed by atoms with Crippen LogP contribution >= 0.6 is 0 Å². The van der Waals surface area contributed by atoms with Crippen LogP contribution in [0.3, 0.4) is 0 Å². The van der Waals surface area contributed by atoms with E-state index in [1.165, 1.54) is 12.8 Å². The third-order valence-electron chi connectivity index (χ3n) is 4.26. The zero-order chi connectivity index (χ0) is 13.9. The monoisotopic (exact) mass is 277 g/mol. The molecule has 0 bridgehead atoms. The van der Waals surface area contributed by atoms with Crippen LogP contribution in [0.25, 0.3) is 0 Å². The zero-order valence-corrected chi connectivity index (χ0v) is 12.0. The summed E-state index contributed by atoms with van der Waals surface area (Å²) in [6.45, 7) is 5.62. The van der Waals surface area contributed by atoms with Crippen molar-refractivity contribution in [1.82, 2.24) is 4.90 Å². The molecule has 1 aromatic carbocycles. The van der Waals surface area contributed by atoms with Crippen LogP contribution in [0.5, 0.6) is 11.5 Å². The van der Waals surface area contributed by atoms with E-state index in [4.69, 9.17) is 9.47 Å². The van der Waals surface area contributed by atoms with Gasteiger partial charge < -0.3 is 14.6 Å². The van der Waals surface area contributed by atoms with Crippen molar-refractivity contribution in [1.29, 1.82) is 0 Å². The second-order valence-corrected chi connectivity index (χ2v) is 5.63. The van der Waals surface area contributed by atoms with E-state index in [-0.39, 0.29) is 6.23 Å². The molecule has 110 valence electrons. The van der Waals surface area contributed by atoms with Crippen molar-refractivity contribution in [3.05, 3.63) is 23.8 Å². The molecule has 4 heteroatoms. The molecule has 0 spiro atoms. The van der Waals surface area contributed by atoms with Gasteiger partial charge in [0.05, 0.1) is 13.2 Å². The molecule has 2 unspecified atom stereocenters. The van der Waals surface area contributed by atoms with Crippen LogP contribution in [-0.2, 0) is 4.74 Å². The van der Waals surface area contributed by atoms with Gasteiger partial charge in [-0.15, -0.1) is 0 Å². The van der Waals surface area contributed by atoms with Gasteiger partial charge in [0.15, 0.2) is 6.23 Å². The molecule has 1 fully saturated rings. The Balaban J connectivity index is 1.83. The highest BCUT2D eigenvalue weighted by molar-refractivity contribution is 5.45. The molecular formula is C16H23NO3. The molecular weight excluding hydrogens is 254 g/mol. The van der Waals surface area contributed by atoms with Crippen LogP contribution in [0.4, 0.5) is 0 Å². The molecule has 0 aromatic heterocycles. The Bertz CT molecular complexity index is 457. The lowest BCUT2D eigenvalue weighted by Crippen LogP contribution is -2.47. The van der Waals surface area contributed by atoms with Crippen LogP contribution < -0.4 is 4.74 Å². The normalized spacial score (nSPS) is 26.2. The second kappa shape index (κ2) is 6.02. The number of unbranched alkanes of at least 4 members (excludes halogenated alkanes) is 1. The first-order valence-corrected chi connectivity index (χ1v) is 7.61. The summed E-state index contributed by atoms with van der Waals surface area (Å²) in [5.74, 6) is 1.62. The number of ether oxygens (including phenoxy) is 2. The Morgan fingerprint density at radius 1 is 1.30 bits per heavy atom. The molecule has 2 aliphatic heterocycles. The maximum Gasteiger partial charge on any atom is 0.159 e. The quantitative estimate of drug-likeness (QED) is 0.919. The van der Waals surface area contributed by atoms with Gasteiger partial charge in [-0.1, -0.05) is 19.8 Å². The molecule has 0 aliphatic carbocycles. The molecule has 2 aliphatic rings. The number of nitrogens with zero attached hydrogens (tertiary/aromatic N) is 1. The molecule has 0 amide bonds. The predicted molar refractivity (Wildman–Crippen MR) is 77.2 cm³/mol. The minimum Gasteiger partial charge on any atom is -0.508 e. The number of aromatic hydroxyl groups is 1. The van der Waals surface area contributed by atoms with Crippen LogP contribution in [0, 0.1) is 0 Å². The molecule has 4 nitrogen and oxygen atoms in total. The molecule has 3 rings (SSSR count). The minimum absolute atomic E-state index is 0.0993. The Morgan fingerprint density at radius 2 is 2.10 bits per heavy atom. The van der Waals surface area contributed by atoms with Gasteiger partial charge in [0, 0.05) is 24.6 Å². The van der Waals surface area contributed by atoms with Crippen LogP contribution in [0.1, 0.15) is 37.7 Å². The highest BCUT2D eigenvalue weighted by Crippen LogP contribution is 2.43. The molecule has 2 heterocycles. The summed E-state index contributed by atoms with van der Waals surface area (Å²) in [5.41, 5.74) is 1.16. The molecule has 1 N–H and O–H groups in total. The summed E-state index contributed by atoms with van der Waals surface area (Å²) in [7, 11) is 0. The Hall–Kier alpha value is -1.26. The number of hydrogen-bond donors (Lipinski definition) is 1. The third kappa shape index (κ3) is 2.63. The third-order valence-corrected chi connectivity index (χ3v) is 4.26. The molecule has 0 saturated carbocycles. The van der Waals surface area contributed by atoms with E-state index in [1.807, 2.05) is 12.1 Å². The van der Waals surface area contributed by atoms with Crippen molar-refractivity contribution >= 4 is 0 Å². The van der Waals surface area contributed by atoms with E-state index in [0.29, 0.717) is 11.7 Å². The topological polar surface area (TPSA) is 41.9 Å². The predicted octanol–water partition coefficient (Wildman–Crippen LogP) is 2.72. The van der Waals surface area contributed by atoms with Crippen molar-refractivity contribution in [2.75, 3.05) is 26.3 Å². The maximum absolute atomic E-state index is 9.75. The minimum atomic E-state index is 0.0993. The lowest BCUT2D eigenvalue weighted by molar-refractivity contribution is -0.0475. The molecule has 20 heavy (non-hydrogen) atoms. The van der Waals surface area contributed by atoms with Gasteiger partial charge in [-0.25, -0.2) is 0 Å². The summed E-state index contributed by atoms with van der Waals surface area (Å²) in [6, 6.07) is 5.47. The fraction of sp³-hybridized carbons (Fsp3) is 0.625. The second-order valence-electron chi connectivity index (χ2n) is 5.63. The fourth-order valence-electron chi connectivity index (χ4n) is 3.18. The number of fused-ring (bicyclic) bond motifs is 1. The van der Waals surface area contributed by atoms with Gasteiger partial charge in [-0.2, -0.15) is 0 Å². The van der Waals surface area contributed by atoms with Gasteiger partial charge in [-0.05, 0) is 24.6 Å². The van der Waals surface area contributed by atoms with Crippen LogP contribution in [0.2, 0.25) is 0 Å². The summed E-state index contributed by atoms with van der Waals surface area (Å²) in [4.78, 5) is 2.38. The van der Waals surface area contributed by atoms with Crippen molar-refractivity contribution in [2.24, 2.45) is 0 Å². The summed E-state index contributed by atoms with van der Waals surface area (Å²) < 4.78 is 11.6. The van der Waals surface area contributed by atoms with Crippen LogP contribution in [0.15, 0.2) is 18.2 Å². The molecule has 0 radical (unpaired) electrons. The number of phenols is 1. The summed E-state index contributed by atoms with van der Waals surface area (Å²) in [5, 5.41) is 9.75. The maximum atomic E-state index is 9.75. The van der Waals surface area contributed by atoms with E-state index in [0.717, 1.165) is 44.0 Å². The Kier molecular flexibility index (Phi) is 4.13. The van der Waals surface area contributed by atoms with Crippen molar-refractivity contribution < 1.29 is 14.6 Å². The van der Waals surface area contributed by atoms with E-state index < -0.39 is 0 Å². The first-order valence-electron chi connectivity index (χ1n) is 7.61. The first-order chi connectivity index (χ1) is 9.79. The highest BCUT2D eigenvalue weighted by atomic mass is 16.5. The van der Waals surface area contributed by atoms with Gasteiger partial charge >= 0.3 is 0 Å². The van der Waals surface area contributed by atoms with Crippen molar-refractivity contribution in [3.8, 4) is 11.5 Å². The lowest BCUT2D eigenvalue weighted by Gasteiger charge is -2.34. The number of morpholine rings is 1. The number of hydrogen-bond acceptors (Lipinski definition) is 4. The van der Waals surface area contributed by atoms with Gasteiger partial charge in [0.25, 0.3) is 0 Å². The van der Waals surface area contributed by atoms with Crippen molar-refractivity contribution in [3.63, 3.8) is 0 Å². The molecule has 1 aromatic rings. The average molecular weight is 277 g/mol. The number of benzene rings is 1.